The summed E-state index contributed by atoms with van der Waals surface area (Å²) in [6.07, 6.45) is 4.70. The molecule has 0 unspecified atom stereocenters. The molecule has 0 bridgehead atoms. The zero-order valence-electron chi connectivity index (χ0n) is 12.1. The zero-order chi connectivity index (χ0) is 13.8. The van der Waals surface area contributed by atoms with Gasteiger partial charge in [0.05, 0.1) is 7.11 Å². The summed E-state index contributed by atoms with van der Waals surface area (Å²) in [6.45, 7) is 5.42. The van der Waals surface area contributed by atoms with Crippen molar-refractivity contribution in [2.75, 3.05) is 7.11 Å². The molecule has 19 heavy (non-hydrogen) atoms. The normalized spacial score (nSPS) is 24.2. The maximum Gasteiger partial charge on any atom is 0.150 e. The van der Waals surface area contributed by atoms with Crippen molar-refractivity contribution in [3.8, 4) is 5.75 Å². The second-order valence-corrected chi connectivity index (χ2v) is 5.49. The molecule has 1 aromatic rings. The quantitative estimate of drug-likeness (QED) is 0.779. The topological polar surface area (TPSA) is 29.5 Å². The van der Waals surface area contributed by atoms with Crippen LogP contribution in [0, 0.1) is 0 Å². The van der Waals surface area contributed by atoms with E-state index in [1.54, 1.807) is 13.2 Å². The van der Waals surface area contributed by atoms with Crippen molar-refractivity contribution in [1.29, 1.82) is 0 Å². The number of methoxy groups -OCH3 is 1. The van der Waals surface area contributed by atoms with Gasteiger partial charge >= 0.3 is 0 Å². The van der Waals surface area contributed by atoms with Gasteiger partial charge in [-0.3, -0.25) is 9.69 Å². The molecule has 0 aliphatic carbocycles. The van der Waals surface area contributed by atoms with Gasteiger partial charge in [-0.05, 0) is 44.9 Å². The molecule has 104 valence electrons. The molecule has 1 heterocycles. The second kappa shape index (κ2) is 6.20. The van der Waals surface area contributed by atoms with Gasteiger partial charge in [-0.2, -0.15) is 0 Å². The summed E-state index contributed by atoms with van der Waals surface area (Å²) >= 11 is 0. The summed E-state index contributed by atoms with van der Waals surface area (Å²) in [5.41, 5.74) is 1.82. The minimum absolute atomic E-state index is 0.591. The molecule has 1 fully saturated rings. The van der Waals surface area contributed by atoms with Crippen LogP contribution in [0.2, 0.25) is 0 Å². The number of hydrogen-bond acceptors (Lipinski definition) is 3. The molecule has 1 aliphatic heterocycles. The van der Waals surface area contributed by atoms with Gasteiger partial charge in [0.25, 0.3) is 0 Å². The third-order valence-corrected chi connectivity index (χ3v) is 4.17. The minimum atomic E-state index is 0.591. The largest absolute Gasteiger partial charge is 0.496 e. The lowest BCUT2D eigenvalue weighted by Gasteiger charge is -2.39. The number of aldehydes is 1. The van der Waals surface area contributed by atoms with Gasteiger partial charge in [-0.15, -0.1) is 0 Å². The van der Waals surface area contributed by atoms with Gasteiger partial charge in [0.2, 0.25) is 0 Å². The van der Waals surface area contributed by atoms with E-state index in [0.29, 0.717) is 17.6 Å². The fraction of sp³-hybridized carbons (Fsp3) is 0.562. The van der Waals surface area contributed by atoms with Crippen LogP contribution in [0.3, 0.4) is 0 Å². The van der Waals surface area contributed by atoms with Gasteiger partial charge < -0.3 is 4.74 Å². The molecule has 0 N–H and O–H groups in total. The molecule has 1 saturated heterocycles. The van der Waals surface area contributed by atoms with Crippen molar-refractivity contribution >= 4 is 6.29 Å². The number of piperidine rings is 1. The van der Waals surface area contributed by atoms with Crippen molar-refractivity contribution in [3.63, 3.8) is 0 Å². The predicted octanol–water partition coefficient (Wildman–Crippen LogP) is 3.27. The molecule has 3 nitrogen and oxygen atoms in total. The van der Waals surface area contributed by atoms with E-state index < -0.39 is 0 Å². The van der Waals surface area contributed by atoms with Crippen LogP contribution in [0.25, 0.3) is 0 Å². The summed E-state index contributed by atoms with van der Waals surface area (Å²) in [7, 11) is 1.68. The molecule has 0 saturated carbocycles. The van der Waals surface area contributed by atoms with E-state index in [2.05, 4.69) is 18.7 Å². The first kappa shape index (κ1) is 14.1. The first-order valence-corrected chi connectivity index (χ1v) is 7.03. The molecule has 0 aromatic heterocycles. The van der Waals surface area contributed by atoms with Crippen LogP contribution in [-0.2, 0) is 6.54 Å². The maximum atomic E-state index is 10.9. The highest BCUT2D eigenvalue weighted by Crippen LogP contribution is 2.28. The van der Waals surface area contributed by atoms with Gasteiger partial charge in [-0.1, -0.05) is 6.42 Å². The first-order valence-electron chi connectivity index (χ1n) is 7.03. The van der Waals surface area contributed by atoms with Gasteiger partial charge in [0, 0.05) is 29.8 Å². The Labute approximate surface area is 115 Å². The Bertz CT molecular complexity index is 434. The lowest BCUT2D eigenvalue weighted by atomic mass is 9.96. The van der Waals surface area contributed by atoms with E-state index >= 15 is 0 Å². The Hall–Kier alpha value is -1.35. The highest BCUT2D eigenvalue weighted by atomic mass is 16.5. The molecule has 0 radical (unpaired) electrons. The molecule has 0 spiro atoms. The van der Waals surface area contributed by atoms with E-state index in [0.717, 1.165) is 24.1 Å². The van der Waals surface area contributed by atoms with Crippen molar-refractivity contribution < 1.29 is 9.53 Å². The summed E-state index contributed by atoms with van der Waals surface area (Å²) in [4.78, 5) is 13.4. The Balaban J connectivity index is 2.23. The average Bonchev–Trinajstić information content (AvgIpc) is 2.42. The van der Waals surface area contributed by atoms with Crippen LogP contribution in [-0.4, -0.2) is 30.4 Å². The lowest BCUT2D eigenvalue weighted by molar-refractivity contribution is 0.0942. The number of rotatable bonds is 4. The smallest absolute Gasteiger partial charge is 0.150 e. The molecule has 1 aliphatic rings. The Morgan fingerprint density at radius 2 is 2.00 bits per heavy atom. The number of nitrogens with zero attached hydrogens (tertiary/aromatic N) is 1. The Morgan fingerprint density at radius 3 is 2.58 bits per heavy atom. The molecular weight excluding hydrogens is 238 g/mol. The number of likely N-dealkylation sites (tertiary alicyclic amines) is 1. The number of carbonyl (C=O) groups is 1. The lowest BCUT2D eigenvalue weighted by Crippen LogP contribution is -2.43. The fourth-order valence-electron chi connectivity index (χ4n) is 2.98. The predicted molar refractivity (Wildman–Crippen MR) is 76.7 cm³/mol. The van der Waals surface area contributed by atoms with E-state index in [9.17, 15) is 4.79 Å². The third-order valence-electron chi connectivity index (χ3n) is 4.17. The van der Waals surface area contributed by atoms with E-state index in [4.69, 9.17) is 4.74 Å². The SMILES string of the molecule is COc1ccc(C=O)cc1CN1[C@H](C)CCC[C@@H]1C. The van der Waals surface area contributed by atoms with Gasteiger partial charge in [0.1, 0.15) is 12.0 Å². The number of hydrogen-bond donors (Lipinski definition) is 0. The Morgan fingerprint density at radius 1 is 1.32 bits per heavy atom. The second-order valence-electron chi connectivity index (χ2n) is 5.49. The van der Waals surface area contributed by atoms with Crippen molar-refractivity contribution in [2.45, 2.75) is 51.7 Å². The number of carbonyl (C=O) groups excluding carboxylic acids is 1. The van der Waals surface area contributed by atoms with Crippen LogP contribution in [0.15, 0.2) is 18.2 Å². The highest BCUT2D eigenvalue weighted by Gasteiger charge is 2.25. The van der Waals surface area contributed by atoms with Crippen molar-refractivity contribution in [3.05, 3.63) is 29.3 Å². The summed E-state index contributed by atoms with van der Waals surface area (Å²) in [5.74, 6) is 0.871. The highest BCUT2D eigenvalue weighted by molar-refractivity contribution is 5.75. The molecule has 3 heteroatoms. The molecule has 2 rings (SSSR count). The van der Waals surface area contributed by atoms with Crippen LogP contribution in [0.1, 0.15) is 49.0 Å². The summed E-state index contributed by atoms with van der Waals surface area (Å²) < 4.78 is 5.41. The third kappa shape index (κ3) is 3.16. The standard InChI is InChI=1S/C16H23NO2/c1-12-5-4-6-13(2)17(12)10-15-9-14(11-18)7-8-16(15)19-3/h7-9,11-13H,4-6,10H2,1-3H3/t12-,13+. The monoisotopic (exact) mass is 261 g/mol. The van der Waals surface area contributed by atoms with Crippen LogP contribution >= 0.6 is 0 Å². The zero-order valence-corrected chi connectivity index (χ0v) is 12.1. The summed E-state index contributed by atoms with van der Waals surface area (Å²) in [5, 5.41) is 0. The molecule has 1 aromatic carbocycles. The van der Waals surface area contributed by atoms with Crippen LogP contribution in [0.4, 0.5) is 0 Å². The van der Waals surface area contributed by atoms with E-state index in [1.807, 2.05) is 12.1 Å². The first-order chi connectivity index (χ1) is 9.15. The number of benzene rings is 1. The Kier molecular flexibility index (Phi) is 4.59. The maximum absolute atomic E-state index is 10.9. The fourth-order valence-corrected chi connectivity index (χ4v) is 2.98. The van der Waals surface area contributed by atoms with E-state index in [1.165, 1.54) is 19.3 Å². The number of ether oxygens (including phenoxy) is 1. The summed E-state index contributed by atoms with van der Waals surface area (Å²) in [6, 6.07) is 6.82. The van der Waals surface area contributed by atoms with Crippen molar-refractivity contribution in [2.24, 2.45) is 0 Å². The van der Waals surface area contributed by atoms with Crippen LogP contribution in [0.5, 0.6) is 5.75 Å². The molecular formula is C16H23NO2. The molecule has 0 amide bonds. The van der Waals surface area contributed by atoms with Gasteiger partial charge in [0.15, 0.2) is 0 Å². The molecule has 2 atom stereocenters. The van der Waals surface area contributed by atoms with Crippen LogP contribution < -0.4 is 4.74 Å². The average molecular weight is 261 g/mol. The van der Waals surface area contributed by atoms with Crippen molar-refractivity contribution in [1.82, 2.24) is 4.90 Å². The minimum Gasteiger partial charge on any atom is -0.496 e. The van der Waals surface area contributed by atoms with Gasteiger partial charge in [-0.25, -0.2) is 0 Å². The van der Waals surface area contributed by atoms with E-state index in [-0.39, 0.29) is 0 Å².